The molecule has 0 atom stereocenters. The second-order valence-electron chi connectivity index (χ2n) is 6.15. The SMILES string of the molecule is Cc1ccccc1CNC(=O)c1cncc(C(=O)Nc2ccc(F)c(F)c2)c1. The first-order valence-corrected chi connectivity index (χ1v) is 8.48. The van der Waals surface area contributed by atoms with Crippen molar-refractivity contribution in [2.45, 2.75) is 13.5 Å². The highest BCUT2D eigenvalue weighted by molar-refractivity contribution is 6.05. The van der Waals surface area contributed by atoms with E-state index in [1.54, 1.807) is 0 Å². The summed E-state index contributed by atoms with van der Waals surface area (Å²) in [6.07, 6.45) is 2.63. The number of pyridine rings is 1. The van der Waals surface area contributed by atoms with Crippen molar-refractivity contribution < 1.29 is 18.4 Å². The van der Waals surface area contributed by atoms with Gasteiger partial charge >= 0.3 is 0 Å². The number of halogens is 2. The lowest BCUT2D eigenvalue weighted by Gasteiger charge is -2.09. The molecule has 1 heterocycles. The van der Waals surface area contributed by atoms with Gasteiger partial charge in [0.25, 0.3) is 11.8 Å². The second kappa shape index (κ2) is 8.39. The van der Waals surface area contributed by atoms with Crippen LogP contribution in [0.2, 0.25) is 0 Å². The van der Waals surface area contributed by atoms with Crippen LogP contribution in [0.3, 0.4) is 0 Å². The molecule has 5 nitrogen and oxygen atoms in total. The van der Waals surface area contributed by atoms with Gasteiger partial charge in [-0.05, 0) is 36.2 Å². The van der Waals surface area contributed by atoms with E-state index in [0.717, 1.165) is 23.3 Å². The van der Waals surface area contributed by atoms with Crippen LogP contribution in [-0.4, -0.2) is 16.8 Å². The lowest BCUT2D eigenvalue weighted by molar-refractivity contribution is 0.0950. The van der Waals surface area contributed by atoms with Crippen LogP contribution in [0.25, 0.3) is 0 Å². The average Bonchev–Trinajstić information content (AvgIpc) is 2.70. The average molecular weight is 381 g/mol. The molecule has 2 aromatic carbocycles. The molecule has 28 heavy (non-hydrogen) atoms. The van der Waals surface area contributed by atoms with E-state index in [2.05, 4.69) is 15.6 Å². The van der Waals surface area contributed by atoms with E-state index in [9.17, 15) is 18.4 Å². The van der Waals surface area contributed by atoms with Crippen molar-refractivity contribution in [1.82, 2.24) is 10.3 Å². The minimum absolute atomic E-state index is 0.0957. The van der Waals surface area contributed by atoms with Gasteiger partial charge in [0, 0.05) is 30.7 Å². The molecule has 2 amide bonds. The van der Waals surface area contributed by atoms with Gasteiger partial charge in [-0.2, -0.15) is 0 Å². The quantitative estimate of drug-likeness (QED) is 0.705. The van der Waals surface area contributed by atoms with Gasteiger partial charge in [-0.1, -0.05) is 24.3 Å². The van der Waals surface area contributed by atoms with Crippen molar-refractivity contribution in [3.8, 4) is 0 Å². The number of nitrogens with zero attached hydrogens (tertiary/aromatic N) is 1. The molecular weight excluding hydrogens is 364 g/mol. The third kappa shape index (κ3) is 4.56. The van der Waals surface area contributed by atoms with Crippen molar-refractivity contribution in [3.63, 3.8) is 0 Å². The number of carbonyl (C=O) groups excluding carboxylic acids is 2. The highest BCUT2D eigenvalue weighted by Crippen LogP contribution is 2.15. The third-order valence-electron chi connectivity index (χ3n) is 4.14. The topological polar surface area (TPSA) is 71.1 Å². The smallest absolute Gasteiger partial charge is 0.257 e. The summed E-state index contributed by atoms with van der Waals surface area (Å²) in [7, 11) is 0. The monoisotopic (exact) mass is 381 g/mol. The summed E-state index contributed by atoms with van der Waals surface area (Å²) >= 11 is 0. The van der Waals surface area contributed by atoms with Gasteiger partial charge < -0.3 is 10.6 Å². The van der Waals surface area contributed by atoms with Crippen molar-refractivity contribution in [2.75, 3.05) is 5.32 Å². The maximum atomic E-state index is 13.3. The van der Waals surface area contributed by atoms with Crippen LogP contribution in [0.15, 0.2) is 60.9 Å². The van der Waals surface area contributed by atoms with Crippen LogP contribution in [0.4, 0.5) is 14.5 Å². The number of carbonyl (C=O) groups is 2. The lowest BCUT2D eigenvalue weighted by Crippen LogP contribution is -2.24. The van der Waals surface area contributed by atoms with Crippen molar-refractivity contribution >= 4 is 17.5 Å². The largest absolute Gasteiger partial charge is 0.348 e. The van der Waals surface area contributed by atoms with Crippen LogP contribution in [0.1, 0.15) is 31.8 Å². The predicted octanol–water partition coefficient (Wildman–Crippen LogP) is 3.85. The molecule has 0 saturated heterocycles. The zero-order valence-corrected chi connectivity index (χ0v) is 15.0. The Kier molecular flexibility index (Phi) is 5.74. The Labute approximate surface area is 160 Å². The Morgan fingerprint density at radius 1 is 0.929 bits per heavy atom. The Morgan fingerprint density at radius 2 is 1.64 bits per heavy atom. The minimum Gasteiger partial charge on any atom is -0.348 e. The van der Waals surface area contributed by atoms with Crippen LogP contribution in [0, 0.1) is 18.6 Å². The van der Waals surface area contributed by atoms with Gasteiger partial charge in [0.15, 0.2) is 11.6 Å². The molecule has 3 rings (SSSR count). The van der Waals surface area contributed by atoms with E-state index in [1.807, 2.05) is 31.2 Å². The normalized spacial score (nSPS) is 10.4. The molecule has 0 radical (unpaired) electrons. The molecule has 142 valence electrons. The van der Waals surface area contributed by atoms with Crippen LogP contribution in [0.5, 0.6) is 0 Å². The van der Waals surface area contributed by atoms with E-state index < -0.39 is 17.5 Å². The second-order valence-corrected chi connectivity index (χ2v) is 6.15. The molecule has 0 bridgehead atoms. The molecule has 2 N–H and O–H groups in total. The van der Waals surface area contributed by atoms with Gasteiger partial charge in [0.1, 0.15) is 0 Å². The number of hydrogen-bond acceptors (Lipinski definition) is 3. The Balaban J connectivity index is 1.68. The first kappa shape index (κ1) is 19.2. The molecule has 0 aliphatic rings. The van der Waals surface area contributed by atoms with E-state index in [0.29, 0.717) is 6.54 Å². The number of aromatic nitrogens is 1. The summed E-state index contributed by atoms with van der Waals surface area (Å²) in [6, 6.07) is 12.1. The number of rotatable bonds is 5. The molecule has 0 aliphatic heterocycles. The fourth-order valence-electron chi connectivity index (χ4n) is 2.55. The van der Waals surface area contributed by atoms with Crippen LogP contribution >= 0.6 is 0 Å². The number of anilines is 1. The molecule has 0 fully saturated rings. The maximum absolute atomic E-state index is 13.3. The Hall–Kier alpha value is -3.61. The van der Waals surface area contributed by atoms with E-state index >= 15 is 0 Å². The van der Waals surface area contributed by atoms with Crippen molar-refractivity contribution in [3.05, 3.63) is 94.8 Å². The number of benzene rings is 2. The van der Waals surface area contributed by atoms with Crippen LogP contribution in [-0.2, 0) is 6.54 Å². The van der Waals surface area contributed by atoms with Gasteiger partial charge in [-0.3, -0.25) is 14.6 Å². The lowest BCUT2D eigenvalue weighted by atomic mass is 10.1. The number of aryl methyl sites for hydroxylation is 1. The Bertz CT molecular complexity index is 1040. The van der Waals surface area contributed by atoms with Crippen molar-refractivity contribution in [1.29, 1.82) is 0 Å². The van der Waals surface area contributed by atoms with E-state index in [-0.39, 0.29) is 22.7 Å². The summed E-state index contributed by atoms with van der Waals surface area (Å²) in [4.78, 5) is 28.6. The van der Waals surface area contributed by atoms with Gasteiger partial charge in [0.2, 0.25) is 0 Å². The first-order valence-electron chi connectivity index (χ1n) is 8.48. The number of amides is 2. The summed E-state index contributed by atoms with van der Waals surface area (Å²) in [6.45, 7) is 2.29. The standard InChI is InChI=1S/C21H17F2N3O2/c1-13-4-2-3-5-14(13)12-25-20(27)15-8-16(11-24-10-15)21(28)26-17-6-7-18(22)19(23)9-17/h2-11H,12H2,1H3,(H,25,27)(H,26,28). The van der Waals surface area contributed by atoms with E-state index in [4.69, 9.17) is 0 Å². The van der Waals surface area contributed by atoms with Gasteiger partial charge in [-0.25, -0.2) is 8.78 Å². The third-order valence-corrected chi connectivity index (χ3v) is 4.14. The molecule has 3 aromatic rings. The number of nitrogens with one attached hydrogen (secondary N) is 2. The minimum atomic E-state index is -1.07. The van der Waals surface area contributed by atoms with E-state index in [1.165, 1.54) is 24.5 Å². The summed E-state index contributed by atoms with van der Waals surface area (Å²) < 4.78 is 26.2. The van der Waals surface area contributed by atoms with Gasteiger partial charge in [-0.15, -0.1) is 0 Å². The maximum Gasteiger partial charge on any atom is 0.257 e. The summed E-state index contributed by atoms with van der Waals surface area (Å²) in [5, 5.41) is 5.22. The zero-order chi connectivity index (χ0) is 20.1. The summed E-state index contributed by atoms with van der Waals surface area (Å²) in [5.74, 6) is -3.04. The molecular formula is C21H17F2N3O2. The fourth-order valence-corrected chi connectivity index (χ4v) is 2.55. The molecule has 7 heteroatoms. The highest BCUT2D eigenvalue weighted by atomic mass is 19.2. The fraction of sp³-hybridized carbons (Fsp3) is 0.0952. The first-order chi connectivity index (χ1) is 13.4. The van der Waals surface area contributed by atoms with Gasteiger partial charge in [0.05, 0.1) is 11.1 Å². The highest BCUT2D eigenvalue weighted by Gasteiger charge is 2.13. The molecule has 0 unspecified atom stereocenters. The zero-order valence-electron chi connectivity index (χ0n) is 15.0. The van der Waals surface area contributed by atoms with Crippen LogP contribution < -0.4 is 10.6 Å². The van der Waals surface area contributed by atoms with Crippen molar-refractivity contribution in [2.24, 2.45) is 0 Å². The molecule has 0 aliphatic carbocycles. The molecule has 0 spiro atoms. The molecule has 1 aromatic heterocycles. The Morgan fingerprint density at radius 3 is 2.36 bits per heavy atom. The molecule has 0 saturated carbocycles. The predicted molar refractivity (Wildman–Crippen MR) is 101 cm³/mol. The summed E-state index contributed by atoms with van der Waals surface area (Å²) in [5.41, 5.74) is 2.47. The number of hydrogen-bond donors (Lipinski definition) is 2.